The van der Waals surface area contributed by atoms with Crippen molar-refractivity contribution in [3.63, 3.8) is 0 Å². The first-order valence-electron chi connectivity index (χ1n) is 7.50. The number of carbonyl (C=O) groups is 2. The minimum Gasteiger partial charge on any atom is -0.481 e. The highest BCUT2D eigenvalue weighted by Crippen LogP contribution is 2.38. The van der Waals surface area contributed by atoms with Gasteiger partial charge in [0.1, 0.15) is 0 Å². The Labute approximate surface area is 121 Å². The summed E-state index contributed by atoms with van der Waals surface area (Å²) in [5.41, 5.74) is -1.07. The van der Waals surface area contributed by atoms with Gasteiger partial charge in [0, 0.05) is 12.1 Å². The van der Waals surface area contributed by atoms with E-state index in [1.807, 2.05) is 20.8 Å². The SMILES string of the molecule is CCC(C)(C)NC(=O)NCC1(C(=O)O)CCC(C)CC1. The molecule has 0 radical (unpaired) electrons. The molecule has 0 saturated heterocycles. The zero-order valence-corrected chi connectivity index (χ0v) is 13.1. The molecule has 0 heterocycles. The molecule has 0 spiro atoms. The van der Waals surface area contributed by atoms with Crippen LogP contribution < -0.4 is 10.6 Å². The average Bonchev–Trinajstić information content (AvgIpc) is 2.38. The Hall–Kier alpha value is -1.26. The molecule has 1 fully saturated rings. The predicted octanol–water partition coefficient (Wildman–Crippen LogP) is 2.76. The number of rotatable bonds is 5. The summed E-state index contributed by atoms with van der Waals surface area (Å²) >= 11 is 0. The Kier molecular flexibility index (Phi) is 5.42. The van der Waals surface area contributed by atoms with Crippen LogP contribution in [0.5, 0.6) is 0 Å². The number of carboxylic acids is 1. The second kappa shape index (κ2) is 6.46. The van der Waals surface area contributed by atoms with E-state index in [2.05, 4.69) is 17.6 Å². The first-order valence-corrected chi connectivity index (χ1v) is 7.50. The van der Waals surface area contributed by atoms with Crippen LogP contribution >= 0.6 is 0 Å². The molecule has 5 heteroatoms. The number of hydrogen-bond acceptors (Lipinski definition) is 2. The van der Waals surface area contributed by atoms with E-state index >= 15 is 0 Å². The quantitative estimate of drug-likeness (QED) is 0.726. The summed E-state index contributed by atoms with van der Waals surface area (Å²) in [7, 11) is 0. The molecule has 2 amide bonds. The molecule has 5 nitrogen and oxygen atoms in total. The van der Waals surface area contributed by atoms with Gasteiger partial charge < -0.3 is 15.7 Å². The zero-order chi connectivity index (χ0) is 15.4. The van der Waals surface area contributed by atoms with Crippen molar-refractivity contribution >= 4 is 12.0 Å². The van der Waals surface area contributed by atoms with Crippen LogP contribution in [0.1, 0.15) is 59.8 Å². The van der Waals surface area contributed by atoms with Crippen molar-refractivity contribution in [3.8, 4) is 0 Å². The van der Waals surface area contributed by atoms with Crippen molar-refractivity contribution in [2.45, 2.75) is 65.3 Å². The first kappa shape index (κ1) is 16.8. The van der Waals surface area contributed by atoms with Gasteiger partial charge >= 0.3 is 12.0 Å². The number of amides is 2. The second-order valence-corrected chi connectivity index (χ2v) is 6.81. The van der Waals surface area contributed by atoms with E-state index in [9.17, 15) is 14.7 Å². The Balaban J connectivity index is 2.56. The molecule has 1 rings (SSSR count). The molecule has 20 heavy (non-hydrogen) atoms. The lowest BCUT2D eigenvalue weighted by Crippen LogP contribution is -2.52. The third-order valence-corrected chi connectivity index (χ3v) is 4.61. The predicted molar refractivity (Wildman–Crippen MR) is 78.6 cm³/mol. The monoisotopic (exact) mass is 284 g/mol. The van der Waals surface area contributed by atoms with E-state index in [-0.39, 0.29) is 18.1 Å². The van der Waals surface area contributed by atoms with Crippen LogP contribution in [-0.4, -0.2) is 29.2 Å². The normalized spacial score (nSPS) is 26.9. The summed E-state index contributed by atoms with van der Waals surface area (Å²) in [6, 6.07) is -0.281. The summed E-state index contributed by atoms with van der Waals surface area (Å²) in [6.07, 6.45) is 3.93. The number of carbonyl (C=O) groups excluding carboxylic acids is 1. The summed E-state index contributed by atoms with van der Waals surface area (Å²) in [5.74, 6) is -0.213. The van der Waals surface area contributed by atoms with Crippen LogP contribution in [0.2, 0.25) is 0 Å². The van der Waals surface area contributed by atoms with Crippen molar-refractivity contribution in [2.75, 3.05) is 6.54 Å². The largest absolute Gasteiger partial charge is 0.481 e. The van der Waals surface area contributed by atoms with Crippen LogP contribution in [0.3, 0.4) is 0 Å². The fraction of sp³-hybridized carbons (Fsp3) is 0.867. The fourth-order valence-corrected chi connectivity index (χ4v) is 2.47. The molecular formula is C15H28N2O3. The minimum atomic E-state index is -0.792. The van der Waals surface area contributed by atoms with Crippen LogP contribution in [0.25, 0.3) is 0 Å². The van der Waals surface area contributed by atoms with Crippen molar-refractivity contribution in [2.24, 2.45) is 11.3 Å². The molecule has 0 aromatic heterocycles. The molecule has 0 aliphatic heterocycles. The van der Waals surface area contributed by atoms with Gasteiger partial charge in [-0.25, -0.2) is 4.79 Å². The summed E-state index contributed by atoms with van der Waals surface area (Å²) < 4.78 is 0. The molecule has 1 saturated carbocycles. The number of carboxylic acid groups (broad SMARTS) is 1. The maximum absolute atomic E-state index is 11.9. The summed E-state index contributed by atoms with van der Waals surface area (Å²) in [4.78, 5) is 23.4. The van der Waals surface area contributed by atoms with Crippen LogP contribution in [-0.2, 0) is 4.79 Å². The van der Waals surface area contributed by atoms with Gasteiger partial charge in [-0.3, -0.25) is 4.79 Å². The lowest BCUT2D eigenvalue weighted by molar-refractivity contribution is -0.151. The average molecular weight is 284 g/mol. The summed E-state index contributed by atoms with van der Waals surface area (Å²) in [6.45, 7) is 8.25. The maximum atomic E-state index is 11.9. The molecule has 116 valence electrons. The molecule has 1 aliphatic rings. The van der Waals surface area contributed by atoms with Crippen LogP contribution in [0, 0.1) is 11.3 Å². The van der Waals surface area contributed by atoms with Crippen molar-refractivity contribution in [3.05, 3.63) is 0 Å². The van der Waals surface area contributed by atoms with Crippen molar-refractivity contribution in [1.29, 1.82) is 0 Å². The second-order valence-electron chi connectivity index (χ2n) is 6.81. The first-order chi connectivity index (χ1) is 9.21. The topological polar surface area (TPSA) is 78.4 Å². The third-order valence-electron chi connectivity index (χ3n) is 4.61. The molecular weight excluding hydrogens is 256 g/mol. The van der Waals surface area contributed by atoms with Gasteiger partial charge in [0.2, 0.25) is 0 Å². The molecule has 0 bridgehead atoms. The smallest absolute Gasteiger partial charge is 0.315 e. The van der Waals surface area contributed by atoms with E-state index in [1.165, 1.54) is 0 Å². The molecule has 0 atom stereocenters. The van der Waals surface area contributed by atoms with E-state index in [0.717, 1.165) is 19.3 Å². The Morgan fingerprint density at radius 1 is 1.30 bits per heavy atom. The number of aliphatic carboxylic acids is 1. The minimum absolute atomic E-state index is 0.209. The zero-order valence-electron chi connectivity index (χ0n) is 13.1. The Bertz CT molecular complexity index is 358. The summed E-state index contributed by atoms with van der Waals surface area (Å²) in [5, 5.41) is 15.1. The Morgan fingerprint density at radius 2 is 1.85 bits per heavy atom. The van der Waals surface area contributed by atoms with Gasteiger partial charge in [-0.1, -0.05) is 13.8 Å². The van der Waals surface area contributed by atoms with E-state index in [1.54, 1.807) is 0 Å². The highest BCUT2D eigenvalue weighted by Gasteiger charge is 2.41. The number of urea groups is 1. The lowest BCUT2D eigenvalue weighted by atomic mass is 9.71. The highest BCUT2D eigenvalue weighted by molar-refractivity contribution is 5.78. The molecule has 0 unspecified atom stereocenters. The fourth-order valence-electron chi connectivity index (χ4n) is 2.47. The van der Waals surface area contributed by atoms with E-state index in [0.29, 0.717) is 18.8 Å². The van der Waals surface area contributed by atoms with Crippen LogP contribution in [0.4, 0.5) is 4.79 Å². The standard InChI is InChI=1S/C15H28N2O3/c1-5-14(3,4)17-13(20)16-10-15(12(18)19)8-6-11(2)7-9-15/h11H,5-10H2,1-4H3,(H,18,19)(H2,16,17,20). The Morgan fingerprint density at radius 3 is 2.30 bits per heavy atom. The molecule has 0 aromatic carbocycles. The van der Waals surface area contributed by atoms with Gasteiger partial charge in [0.15, 0.2) is 0 Å². The van der Waals surface area contributed by atoms with Gasteiger partial charge in [0.05, 0.1) is 5.41 Å². The van der Waals surface area contributed by atoms with Gasteiger partial charge in [-0.05, 0) is 51.9 Å². The van der Waals surface area contributed by atoms with Crippen molar-refractivity contribution < 1.29 is 14.7 Å². The highest BCUT2D eigenvalue weighted by atomic mass is 16.4. The molecule has 1 aliphatic carbocycles. The van der Waals surface area contributed by atoms with E-state index in [4.69, 9.17) is 0 Å². The number of nitrogens with one attached hydrogen (secondary N) is 2. The van der Waals surface area contributed by atoms with Gasteiger partial charge in [0.25, 0.3) is 0 Å². The van der Waals surface area contributed by atoms with Gasteiger partial charge in [-0.15, -0.1) is 0 Å². The molecule has 3 N–H and O–H groups in total. The van der Waals surface area contributed by atoms with Gasteiger partial charge in [-0.2, -0.15) is 0 Å². The number of hydrogen-bond donors (Lipinski definition) is 3. The lowest BCUT2D eigenvalue weighted by Gasteiger charge is -2.36. The van der Waals surface area contributed by atoms with E-state index < -0.39 is 11.4 Å². The van der Waals surface area contributed by atoms with Crippen molar-refractivity contribution in [1.82, 2.24) is 10.6 Å². The third kappa shape index (κ3) is 4.39. The van der Waals surface area contributed by atoms with Crippen LogP contribution in [0.15, 0.2) is 0 Å². The maximum Gasteiger partial charge on any atom is 0.315 e. The molecule has 0 aromatic rings.